The number of hydrogen-bond acceptors (Lipinski definition) is 3. The number of benzene rings is 1. The van der Waals surface area contributed by atoms with Crippen LogP contribution in [0.3, 0.4) is 0 Å². The number of hydrogen-bond donors (Lipinski definition) is 2. The fourth-order valence-electron chi connectivity index (χ4n) is 1.31. The van der Waals surface area contributed by atoms with Gasteiger partial charge in [0.2, 0.25) is 0 Å². The Kier molecular flexibility index (Phi) is 4.35. The molecule has 0 saturated carbocycles. The van der Waals surface area contributed by atoms with Crippen LogP contribution < -0.4 is 0 Å². The maximum absolute atomic E-state index is 10.9. The summed E-state index contributed by atoms with van der Waals surface area (Å²) in [6, 6.07) is 1.61. The summed E-state index contributed by atoms with van der Waals surface area (Å²) in [5.74, 6) is -1.13. The third-order valence-corrected chi connectivity index (χ3v) is 3.37. The number of halogens is 2. The van der Waals surface area contributed by atoms with E-state index < -0.39 is 5.97 Å². The highest BCUT2D eigenvalue weighted by molar-refractivity contribution is 9.11. The molecule has 0 spiro atoms. The number of carbonyl (C=O) groups is 1. The molecular formula is C10H11Br2NO3. The second-order valence-corrected chi connectivity index (χ2v) is 5.25. The van der Waals surface area contributed by atoms with Crippen molar-refractivity contribution in [1.82, 2.24) is 4.90 Å². The van der Waals surface area contributed by atoms with Crippen molar-refractivity contribution in [3.8, 4) is 5.75 Å². The van der Waals surface area contributed by atoms with Gasteiger partial charge in [-0.3, -0.25) is 0 Å². The van der Waals surface area contributed by atoms with Gasteiger partial charge in [0, 0.05) is 16.6 Å². The number of carboxylic acid groups (broad SMARTS) is 1. The van der Waals surface area contributed by atoms with Gasteiger partial charge in [0.25, 0.3) is 0 Å². The van der Waals surface area contributed by atoms with E-state index in [1.165, 1.54) is 0 Å². The maximum Gasteiger partial charge on any atom is 0.338 e. The molecule has 0 radical (unpaired) electrons. The molecular weight excluding hydrogens is 342 g/mol. The SMILES string of the molecule is CN(C)Cc1cc(Br)c(C(=O)O)c(Br)c1O. The number of nitrogens with zero attached hydrogens (tertiary/aromatic N) is 1. The molecule has 1 aromatic carbocycles. The smallest absolute Gasteiger partial charge is 0.338 e. The molecule has 0 atom stereocenters. The van der Waals surface area contributed by atoms with Crippen LogP contribution in [0.5, 0.6) is 5.75 Å². The molecule has 0 aliphatic heterocycles. The molecule has 6 heteroatoms. The molecule has 0 unspecified atom stereocenters. The van der Waals surface area contributed by atoms with E-state index in [-0.39, 0.29) is 15.8 Å². The van der Waals surface area contributed by atoms with E-state index in [2.05, 4.69) is 31.9 Å². The third-order valence-electron chi connectivity index (χ3n) is 1.97. The van der Waals surface area contributed by atoms with Gasteiger partial charge in [-0.05, 0) is 52.0 Å². The van der Waals surface area contributed by atoms with Crippen LogP contribution in [0.25, 0.3) is 0 Å². The van der Waals surface area contributed by atoms with Crippen molar-refractivity contribution in [2.75, 3.05) is 14.1 Å². The van der Waals surface area contributed by atoms with Crippen LogP contribution in [0.15, 0.2) is 15.0 Å². The number of phenolic OH excluding ortho intramolecular Hbond substituents is 1. The van der Waals surface area contributed by atoms with Crippen molar-refractivity contribution in [2.45, 2.75) is 6.54 Å². The molecule has 4 nitrogen and oxygen atoms in total. The minimum absolute atomic E-state index is 0.0278. The van der Waals surface area contributed by atoms with Crippen LogP contribution in [-0.4, -0.2) is 35.2 Å². The average molecular weight is 353 g/mol. The molecule has 0 aliphatic carbocycles. The predicted molar refractivity (Wildman–Crippen MR) is 67.9 cm³/mol. The van der Waals surface area contributed by atoms with Crippen molar-refractivity contribution in [3.63, 3.8) is 0 Å². The normalized spacial score (nSPS) is 10.8. The Morgan fingerprint density at radius 1 is 1.44 bits per heavy atom. The molecule has 16 heavy (non-hydrogen) atoms. The number of phenols is 1. The van der Waals surface area contributed by atoms with Crippen molar-refractivity contribution in [3.05, 3.63) is 26.1 Å². The van der Waals surface area contributed by atoms with Crippen LogP contribution in [0.4, 0.5) is 0 Å². The van der Waals surface area contributed by atoms with Gasteiger partial charge in [-0.15, -0.1) is 0 Å². The lowest BCUT2D eigenvalue weighted by molar-refractivity contribution is 0.0694. The van der Waals surface area contributed by atoms with Crippen molar-refractivity contribution >= 4 is 37.8 Å². The first-order chi connectivity index (χ1) is 7.34. The number of rotatable bonds is 3. The summed E-state index contributed by atoms with van der Waals surface area (Å²) >= 11 is 6.28. The Bertz CT molecular complexity index is 433. The van der Waals surface area contributed by atoms with Gasteiger partial charge < -0.3 is 15.1 Å². The number of aromatic hydroxyl groups is 1. The van der Waals surface area contributed by atoms with Crippen molar-refractivity contribution in [1.29, 1.82) is 0 Å². The Morgan fingerprint density at radius 3 is 2.44 bits per heavy atom. The first-order valence-corrected chi connectivity index (χ1v) is 6.01. The Balaban J connectivity index is 3.33. The van der Waals surface area contributed by atoms with Crippen molar-refractivity contribution < 1.29 is 15.0 Å². The second-order valence-electron chi connectivity index (χ2n) is 3.60. The van der Waals surface area contributed by atoms with Crippen molar-refractivity contribution in [2.24, 2.45) is 0 Å². The lowest BCUT2D eigenvalue weighted by Gasteiger charge is -2.14. The predicted octanol–water partition coefficient (Wildman–Crippen LogP) is 2.68. The molecule has 0 aliphatic rings. The minimum atomic E-state index is -1.09. The highest BCUT2D eigenvalue weighted by atomic mass is 79.9. The number of carboxylic acids is 1. The minimum Gasteiger partial charge on any atom is -0.506 e. The lowest BCUT2D eigenvalue weighted by Crippen LogP contribution is -2.11. The second kappa shape index (κ2) is 5.16. The van der Waals surface area contributed by atoms with Crippen LogP contribution in [0.2, 0.25) is 0 Å². The maximum atomic E-state index is 10.9. The standard InChI is InChI=1S/C10H11Br2NO3/c1-13(2)4-5-3-6(11)7(10(15)16)8(12)9(5)14/h3,14H,4H2,1-2H3,(H,15,16). The van der Waals surface area contributed by atoms with Gasteiger partial charge in [0.15, 0.2) is 0 Å². The fourth-order valence-corrected chi connectivity index (χ4v) is 2.86. The van der Waals surface area contributed by atoms with Gasteiger partial charge in [0.1, 0.15) is 5.75 Å². The van der Waals surface area contributed by atoms with E-state index in [1.54, 1.807) is 6.07 Å². The summed E-state index contributed by atoms with van der Waals surface area (Å²) in [6.07, 6.45) is 0. The summed E-state index contributed by atoms with van der Waals surface area (Å²) in [7, 11) is 3.73. The van der Waals surface area contributed by atoms with Crippen LogP contribution >= 0.6 is 31.9 Å². The van der Waals surface area contributed by atoms with E-state index >= 15 is 0 Å². The molecule has 2 N–H and O–H groups in total. The molecule has 0 fully saturated rings. The molecule has 0 aromatic heterocycles. The molecule has 1 aromatic rings. The first-order valence-electron chi connectivity index (χ1n) is 4.42. The highest BCUT2D eigenvalue weighted by Gasteiger charge is 2.19. The summed E-state index contributed by atoms with van der Waals surface area (Å²) in [4.78, 5) is 12.8. The van der Waals surface area contributed by atoms with Crippen LogP contribution in [-0.2, 0) is 6.54 Å². The molecule has 0 bridgehead atoms. The van der Waals surface area contributed by atoms with Crippen LogP contribution in [0, 0.1) is 0 Å². The van der Waals surface area contributed by atoms with Gasteiger partial charge in [-0.25, -0.2) is 4.79 Å². The summed E-state index contributed by atoms with van der Waals surface area (Å²) in [5, 5.41) is 18.8. The van der Waals surface area contributed by atoms with Gasteiger partial charge >= 0.3 is 5.97 Å². The van der Waals surface area contributed by atoms with E-state index in [0.29, 0.717) is 16.6 Å². The molecule has 0 amide bonds. The van der Waals surface area contributed by atoms with E-state index in [1.807, 2.05) is 19.0 Å². The fraction of sp³-hybridized carbons (Fsp3) is 0.300. The van der Waals surface area contributed by atoms with E-state index in [0.717, 1.165) is 0 Å². The first kappa shape index (κ1) is 13.5. The average Bonchev–Trinajstić information content (AvgIpc) is 2.12. The molecule has 1 rings (SSSR count). The molecule has 88 valence electrons. The summed E-state index contributed by atoms with van der Waals surface area (Å²) in [5.41, 5.74) is 0.689. The number of aromatic carboxylic acids is 1. The summed E-state index contributed by atoms with van der Waals surface area (Å²) in [6.45, 7) is 0.531. The molecule has 0 heterocycles. The quantitative estimate of drug-likeness (QED) is 0.878. The van der Waals surface area contributed by atoms with Gasteiger partial charge in [0.05, 0.1) is 10.0 Å². The third kappa shape index (κ3) is 2.75. The largest absolute Gasteiger partial charge is 0.506 e. The zero-order chi connectivity index (χ0) is 12.5. The van der Waals surface area contributed by atoms with E-state index in [9.17, 15) is 9.90 Å². The Labute approximate surface area is 110 Å². The van der Waals surface area contributed by atoms with E-state index in [4.69, 9.17) is 5.11 Å². The Morgan fingerprint density at radius 2 is 2.00 bits per heavy atom. The van der Waals surface area contributed by atoms with Gasteiger partial charge in [-0.1, -0.05) is 0 Å². The van der Waals surface area contributed by atoms with Crippen LogP contribution in [0.1, 0.15) is 15.9 Å². The molecule has 0 saturated heterocycles. The topological polar surface area (TPSA) is 60.8 Å². The highest BCUT2D eigenvalue weighted by Crippen LogP contribution is 2.36. The Hall–Kier alpha value is -0.590. The summed E-state index contributed by atoms with van der Waals surface area (Å²) < 4.78 is 0.646. The zero-order valence-electron chi connectivity index (χ0n) is 8.79. The monoisotopic (exact) mass is 351 g/mol. The lowest BCUT2D eigenvalue weighted by atomic mass is 10.1. The zero-order valence-corrected chi connectivity index (χ0v) is 12.0. The van der Waals surface area contributed by atoms with Gasteiger partial charge in [-0.2, -0.15) is 0 Å².